The lowest BCUT2D eigenvalue weighted by Crippen LogP contribution is -2.29. The molecule has 1 fully saturated rings. The molecular formula is C12H13BrFN3. The average molecular weight is 298 g/mol. The van der Waals surface area contributed by atoms with Gasteiger partial charge < -0.3 is 9.88 Å². The summed E-state index contributed by atoms with van der Waals surface area (Å²) in [7, 11) is 0. The first-order chi connectivity index (χ1) is 8.25. The number of fused-ring (bicyclic) bond motifs is 1. The zero-order valence-corrected chi connectivity index (χ0v) is 10.9. The molecule has 90 valence electrons. The Morgan fingerprint density at radius 2 is 2.12 bits per heavy atom. The molecule has 0 atom stereocenters. The Bertz CT molecular complexity index is 546. The van der Waals surface area contributed by atoms with Crippen molar-refractivity contribution in [1.82, 2.24) is 14.9 Å². The minimum atomic E-state index is -0.236. The van der Waals surface area contributed by atoms with Gasteiger partial charge in [-0.15, -0.1) is 0 Å². The van der Waals surface area contributed by atoms with Crippen LogP contribution in [0, 0.1) is 5.82 Å². The molecule has 2 aromatic rings. The minimum Gasteiger partial charge on any atom is -0.317 e. The van der Waals surface area contributed by atoms with E-state index in [4.69, 9.17) is 0 Å². The summed E-state index contributed by atoms with van der Waals surface area (Å²) < 4.78 is 16.1. The smallest absolute Gasteiger partial charge is 0.178 e. The molecule has 0 radical (unpaired) electrons. The highest BCUT2D eigenvalue weighted by atomic mass is 79.9. The van der Waals surface area contributed by atoms with Crippen LogP contribution in [0.3, 0.4) is 0 Å². The Balaban J connectivity index is 2.11. The van der Waals surface area contributed by atoms with E-state index < -0.39 is 0 Å². The number of piperidine rings is 1. The van der Waals surface area contributed by atoms with Gasteiger partial charge in [-0.25, -0.2) is 9.37 Å². The number of hydrogen-bond donors (Lipinski definition) is 1. The van der Waals surface area contributed by atoms with E-state index in [9.17, 15) is 4.39 Å². The van der Waals surface area contributed by atoms with E-state index in [0.717, 1.165) is 41.7 Å². The molecule has 1 aromatic carbocycles. The number of nitrogens with one attached hydrogen (secondary N) is 1. The highest BCUT2D eigenvalue weighted by Crippen LogP contribution is 2.29. The third-order valence-electron chi connectivity index (χ3n) is 3.28. The van der Waals surface area contributed by atoms with E-state index in [0.29, 0.717) is 6.04 Å². The molecule has 1 aliphatic heterocycles. The van der Waals surface area contributed by atoms with Gasteiger partial charge in [0, 0.05) is 12.1 Å². The predicted octanol–water partition coefficient (Wildman–Crippen LogP) is 2.86. The van der Waals surface area contributed by atoms with Gasteiger partial charge in [-0.3, -0.25) is 0 Å². The molecule has 0 spiro atoms. The van der Waals surface area contributed by atoms with Crippen LogP contribution in [0.2, 0.25) is 0 Å². The van der Waals surface area contributed by atoms with Crippen LogP contribution in [-0.4, -0.2) is 22.6 Å². The molecule has 3 nitrogen and oxygen atoms in total. The summed E-state index contributed by atoms with van der Waals surface area (Å²) in [5.41, 5.74) is 1.72. The zero-order valence-electron chi connectivity index (χ0n) is 9.29. The number of imidazole rings is 1. The maximum Gasteiger partial charge on any atom is 0.178 e. The first-order valence-electron chi connectivity index (χ1n) is 5.79. The maximum atomic E-state index is 13.1. The van der Waals surface area contributed by atoms with Gasteiger partial charge in [-0.1, -0.05) is 0 Å². The van der Waals surface area contributed by atoms with Crippen LogP contribution in [0.25, 0.3) is 11.0 Å². The van der Waals surface area contributed by atoms with Gasteiger partial charge in [0.05, 0.1) is 11.0 Å². The second-order valence-corrected chi connectivity index (χ2v) is 5.07. The van der Waals surface area contributed by atoms with Gasteiger partial charge in [0.2, 0.25) is 0 Å². The van der Waals surface area contributed by atoms with Gasteiger partial charge >= 0.3 is 0 Å². The molecule has 17 heavy (non-hydrogen) atoms. The molecule has 1 aromatic heterocycles. The van der Waals surface area contributed by atoms with Gasteiger partial charge in [-0.2, -0.15) is 0 Å². The van der Waals surface area contributed by atoms with Gasteiger partial charge in [0.15, 0.2) is 4.73 Å². The summed E-state index contributed by atoms with van der Waals surface area (Å²) in [4.78, 5) is 4.37. The molecular weight excluding hydrogens is 285 g/mol. The van der Waals surface area contributed by atoms with Crippen molar-refractivity contribution >= 4 is 27.0 Å². The molecule has 5 heteroatoms. The van der Waals surface area contributed by atoms with Crippen LogP contribution in [0.4, 0.5) is 4.39 Å². The van der Waals surface area contributed by atoms with E-state index >= 15 is 0 Å². The number of rotatable bonds is 1. The van der Waals surface area contributed by atoms with Crippen LogP contribution in [0.5, 0.6) is 0 Å². The largest absolute Gasteiger partial charge is 0.317 e. The molecule has 1 aliphatic rings. The second kappa shape index (κ2) is 4.38. The van der Waals surface area contributed by atoms with Crippen molar-refractivity contribution in [2.24, 2.45) is 0 Å². The molecule has 0 aliphatic carbocycles. The van der Waals surface area contributed by atoms with Crippen molar-refractivity contribution < 1.29 is 4.39 Å². The SMILES string of the molecule is Fc1ccc2c(c1)nc(Br)n2C1CCNCC1. The summed E-state index contributed by atoms with van der Waals surface area (Å²) in [6.45, 7) is 2.05. The van der Waals surface area contributed by atoms with E-state index in [1.807, 2.05) is 6.07 Å². The van der Waals surface area contributed by atoms with Crippen molar-refractivity contribution in [2.45, 2.75) is 18.9 Å². The predicted molar refractivity (Wildman–Crippen MR) is 68.5 cm³/mol. The highest BCUT2D eigenvalue weighted by molar-refractivity contribution is 9.10. The Labute approximate surface area is 107 Å². The fourth-order valence-corrected chi connectivity index (χ4v) is 3.13. The van der Waals surface area contributed by atoms with E-state index in [1.54, 1.807) is 0 Å². The molecule has 1 saturated heterocycles. The molecule has 3 rings (SSSR count). The van der Waals surface area contributed by atoms with Crippen molar-refractivity contribution in [2.75, 3.05) is 13.1 Å². The molecule has 1 N–H and O–H groups in total. The number of nitrogens with zero attached hydrogens (tertiary/aromatic N) is 2. The van der Waals surface area contributed by atoms with E-state index in [1.165, 1.54) is 12.1 Å². The Morgan fingerprint density at radius 1 is 1.35 bits per heavy atom. The summed E-state index contributed by atoms with van der Waals surface area (Å²) >= 11 is 3.48. The van der Waals surface area contributed by atoms with E-state index in [2.05, 4.69) is 30.8 Å². The first-order valence-corrected chi connectivity index (χ1v) is 6.59. The summed E-state index contributed by atoms with van der Waals surface area (Å²) in [5.74, 6) is -0.236. The molecule has 0 unspecified atom stereocenters. The Hall–Kier alpha value is -0.940. The topological polar surface area (TPSA) is 29.9 Å². The summed E-state index contributed by atoms with van der Waals surface area (Å²) in [6.07, 6.45) is 2.17. The number of hydrogen-bond acceptors (Lipinski definition) is 2. The van der Waals surface area contributed by atoms with Crippen LogP contribution in [-0.2, 0) is 0 Å². The normalized spacial score (nSPS) is 17.8. The second-order valence-electron chi connectivity index (χ2n) is 4.37. The molecule has 0 saturated carbocycles. The lowest BCUT2D eigenvalue weighted by Gasteiger charge is -2.25. The molecule has 0 amide bonds. The summed E-state index contributed by atoms with van der Waals surface area (Å²) in [6, 6.07) is 5.23. The van der Waals surface area contributed by atoms with Crippen LogP contribution >= 0.6 is 15.9 Å². The third kappa shape index (κ3) is 1.98. The first kappa shape index (κ1) is 11.2. The lowest BCUT2D eigenvalue weighted by molar-refractivity contribution is 0.370. The van der Waals surface area contributed by atoms with Gasteiger partial charge in [0.25, 0.3) is 0 Å². The number of benzene rings is 1. The van der Waals surface area contributed by atoms with Crippen molar-refractivity contribution in [3.8, 4) is 0 Å². The number of aromatic nitrogens is 2. The zero-order chi connectivity index (χ0) is 11.8. The standard InChI is InChI=1S/C12H13BrFN3/c13-12-16-10-7-8(14)1-2-11(10)17(12)9-3-5-15-6-4-9/h1-2,7,9,15H,3-6H2. The number of halogens is 2. The Kier molecular flexibility index (Phi) is 2.88. The summed E-state index contributed by atoms with van der Waals surface area (Å²) in [5, 5.41) is 3.34. The fraction of sp³-hybridized carbons (Fsp3) is 0.417. The molecule has 2 heterocycles. The van der Waals surface area contributed by atoms with Crippen molar-refractivity contribution in [3.63, 3.8) is 0 Å². The van der Waals surface area contributed by atoms with Gasteiger partial charge in [-0.05, 0) is 54.0 Å². The van der Waals surface area contributed by atoms with Crippen LogP contribution in [0.1, 0.15) is 18.9 Å². The Morgan fingerprint density at radius 3 is 2.88 bits per heavy atom. The third-order valence-corrected chi connectivity index (χ3v) is 3.84. The van der Waals surface area contributed by atoms with Gasteiger partial charge in [0.1, 0.15) is 5.82 Å². The fourth-order valence-electron chi connectivity index (χ4n) is 2.45. The average Bonchev–Trinajstić information content (AvgIpc) is 2.65. The quantitative estimate of drug-likeness (QED) is 0.877. The van der Waals surface area contributed by atoms with Crippen molar-refractivity contribution in [3.05, 3.63) is 28.7 Å². The lowest BCUT2D eigenvalue weighted by atomic mass is 10.1. The molecule has 0 bridgehead atoms. The minimum absolute atomic E-state index is 0.236. The highest BCUT2D eigenvalue weighted by Gasteiger charge is 2.20. The van der Waals surface area contributed by atoms with Crippen molar-refractivity contribution in [1.29, 1.82) is 0 Å². The maximum absolute atomic E-state index is 13.1. The monoisotopic (exact) mass is 297 g/mol. The van der Waals surface area contributed by atoms with Crippen LogP contribution in [0.15, 0.2) is 22.9 Å². The van der Waals surface area contributed by atoms with E-state index in [-0.39, 0.29) is 5.82 Å². The van der Waals surface area contributed by atoms with Crippen LogP contribution < -0.4 is 5.32 Å².